The third-order valence-corrected chi connectivity index (χ3v) is 2.83. The zero-order valence-electron chi connectivity index (χ0n) is 12.6. The summed E-state index contributed by atoms with van der Waals surface area (Å²) in [5.41, 5.74) is 1.54. The van der Waals surface area contributed by atoms with E-state index in [2.05, 4.69) is 0 Å². The Bertz CT molecular complexity index is 477. The lowest BCUT2D eigenvalue weighted by Crippen LogP contribution is -2.07. The lowest BCUT2D eigenvalue weighted by Gasteiger charge is -2.05. The molecule has 1 rings (SSSR count). The second-order valence-electron chi connectivity index (χ2n) is 4.71. The standard InChI is InChI=1S/C17H22O4/c1-3-16(18)20-12-8-7-9-14(2)13-21-17(19)15-10-5-4-6-11-15/h4-6,9-11H,3,7-8,12-13H2,1-2H3/b14-9+. The van der Waals surface area contributed by atoms with Gasteiger partial charge in [-0.3, -0.25) is 4.79 Å². The number of carbonyl (C=O) groups is 2. The van der Waals surface area contributed by atoms with Gasteiger partial charge in [0.05, 0.1) is 12.2 Å². The average Bonchev–Trinajstić information content (AvgIpc) is 2.52. The van der Waals surface area contributed by atoms with E-state index >= 15 is 0 Å². The fraction of sp³-hybridized carbons (Fsp3) is 0.412. The summed E-state index contributed by atoms with van der Waals surface area (Å²) in [7, 11) is 0. The van der Waals surface area contributed by atoms with Gasteiger partial charge in [0.1, 0.15) is 6.61 Å². The molecule has 0 atom stereocenters. The number of hydrogen-bond acceptors (Lipinski definition) is 4. The van der Waals surface area contributed by atoms with Crippen LogP contribution in [0.5, 0.6) is 0 Å². The Morgan fingerprint density at radius 2 is 1.86 bits per heavy atom. The second kappa shape index (κ2) is 9.75. The summed E-state index contributed by atoms with van der Waals surface area (Å²) in [5, 5.41) is 0. The molecular weight excluding hydrogens is 268 g/mol. The van der Waals surface area contributed by atoms with E-state index in [1.807, 2.05) is 19.1 Å². The topological polar surface area (TPSA) is 52.6 Å². The van der Waals surface area contributed by atoms with Crippen molar-refractivity contribution >= 4 is 11.9 Å². The number of carbonyl (C=O) groups excluding carboxylic acids is 2. The van der Waals surface area contributed by atoms with Crippen molar-refractivity contribution in [2.75, 3.05) is 13.2 Å². The van der Waals surface area contributed by atoms with Crippen LogP contribution in [0.1, 0.15) is 43.5 Å². The molecule has 1 aromatic carbocycles. The summed E-state index contributed by atoms with van der Waals surface area (Å²) in [5.74, 6) is -0.493. The minimum Gasteiger partial charge on any atom is -0.466 e. The van der Waals surface area contributed by atoms with E-state index in [-0.39, 0.29) is 18.5 Å². The number of unbranched alkanes of at least 4 members (excludes halogenated alkanes) is 1. The van der Waals surface area contributed by atoms with Crippen molar-refractivity contribution in [2.24, 2.45) is 0 Å². The molecule has 0 unspecified atom stereocenters. The molecule has 21 heavy (non-hydrogen) atoms. The summed E-state index contributed by atoms with van der Waals surface area (Å²) < 4.78 is 10.2. The van der Waals surface area contributed by atoms with Gasteiger partial charge >= 0.3 is 11.9 Å². The Morgan fingerprint density at radius 3 is 2.52 bits per heavy atom. The van der Waals surface area contributed by atoms with E-state index in [9.17, 15) is 9.59 Å². The monoisotopic (exact) mass is 290 g/mol. The predicted octanol–water partition coefficient (Wildman–Crippen LogP) is 3.52. The molecule has 0 N–H and O–H groups in total. The molecule has 0 spiro atoms. The highest BCUT2D eigenvalue weighted by atomic mass is 16.5. The highest BCUT2D eigenvalue weighted by Gasteiger charge is 2.05. The molecule has 0 aliphatic carbocycles. The molecule has 0 amide bonds. The minimum absolute atomic E-state index is 0.174. The van der Waals surface area contributed by atoms with Crippen molar-refractivity contribution in [3.63, 3.8) is 0 Å². The Morgan fingerprint density at radius 1 is 1.14 bits per heavy atom. The van der Waals surface area contributed by atoms with Crippen molar-refractivity contribution in [3.05, 3.63) is 47.5 Å². The quantitative estimate of drug-likeness (QED) is 0.417. The van der Waals surface area contributed by atoms with Crippen LogP contribution in [0.15, 0.2) is 42.0 Å². The molecule has 0 bridgehead atoms. The number of ether oxygens (including phenoxy) is 2. The van der Waals surface area contributed by atoms with Gasteiger partial charge in [0.15, 0.2) is 0 Å². The van der Waals surface area contributed by atoms with Crippen LogP contribution in [0.2, 0.25) is 0 Å². The van der Waals surface area contributed by atoms with Gasteiger partial charge in [0.2, 0.25) is 0 Å². The number of rotatable bonds is 8. The summed E-state index contributed by atoms with van der Waals surface area (Å²) in [6, 6.07) is 8.91. The Balaban J connectivity index is 2.21. The molecule has 4 heteroatoms. The fourth-order valence-corrected chi connectivity index (χ4v) is 1.62. The highest BCUT2D eigenvalue weighted by Crippen LogP contribution is 2.05. The van der Waals surface area contributed by atoms with Gasteiger partial charge in [-0.2, -0.15) is 0 Å². The van der Waals surface area contributed by atoms with Crippen molar-refractivity contribution < 1.29 is 19.1 Å². The van der Waals surface area contributed by atoms with E-state index in [1.54, 1.807) is 31.2 Å². The fourth-order valence-electron chi connectivity index (χ4n) is 1.62. The zero-order valence-corrected chi connectivity index (χ0v) is 12.6. The summed E-state index contributed by atoms with van der Waals surface area (Å²) in [6.07, 6.45) is 3.98. The molecular formula is C17H22O4. The first-order valence-corrected chi connectivity index (χ1v) is 7.17. The second-order valence-corrected chi connectivity index (χ2v) is 4.71. The average molecular weight is 290 g/mol. The van der Waals surface area contributed by atoms with Crippen molar-refractivity contribution in [3.8, 4) is 0 Å². The van der Waals surface area contributed by atoms with E-state index in [1.165, 1.54) is 0 Å². The maximum atomic E-state index is 11.7. The SMILES string of the molecule is CCC(=O)OCCC/C=C(\C)COC(=O)c1ccccc1. The Hall–Kier alpha value is -2.10. The van der Waals surface area contributed by atoms with Gasteiger partial charge < -0.3 is 9.47 Å². The first-order chi connectivity index (χ1) is 10.1. The van der Waals surface area contributed by atoms with Crippen LogP contribution in [0.3, 0.4) is 0 Å². The van der Waals surface area contributed by atoms with Gasteiger partial charge in [-0.05, 0) is 37.5 Å². The van der Waals surface area contributed by atoms with E-state index < -0.39 is 0 Å². The largest absolute Gasteiger partial charge is 0.466 e. The van der Waals surface area contributed by atoms with Crippen LogP contribution < -0.4 is 0 Å². The number of benzene rings is 1. The summed E-state index contributed by atoms with van der Waals surface area (Å²) in [6.45, 7) is 4.40. The maximum absolute atomic E-state index is 11.7. The lowest BCUT2D eigenvalue weighted by atomic mass is 10.2. The Labute approximate surface area is 125 Å². The molecule has 0 aliphatic heterocycles. The molecule has 0 saturated carbocycles. The van der Waals surface area contributed by atoms with Crippen LogP contribution >= 0.6 is 0 Å². The maximum Gasteiger partial charge on any atom is 0.338 e. The number of hydrogen-bond donors (Lipinski definition) is 0. The summed E-state index contributed by atoms with van der Waals surface area (Å²) in [4.78, 5) is 22.7. The molecule has 0 aliphatic rings. The molecule has 4 nitrogen and oxygen atoms in total. The molecule has 114 valence electrons. The van der Waals surface area contributed by atoms with Gasteiger partial charge in [-0.1, -0.05) is 31.2 Å². The van der Waals surface area contributed by atoms with Gasteiger partial charge in [0.25, 0.3) is 0 Å². The van der Waals surface area contributed by atoms with Crippen molar-refractivity contribution in [1.82, 2.24) is 0 Å². The first kappa shape index (κ1) is 17.0. The smallest absolute Gasteiger partial charge is 0.338 e. The molecule has 0 saturated heterocycles. The summed E-state index contributed by atoms with van der Waals surface area (Å²) >= 11 is 0. The predicted molar refractivity (Wildman–Crippen MR) is 81.0 cm³/mol. The van der Waals surface area contributed by atoms with Gasteiger partial charge in [-0.15, -0.1) is 0 Å². The first-order valence-electron chi connectivity index (χ1n) is 7.17. The highest BCUT2D eigenvalue weighted by molar-refractivity contribution is 5.89. The molecule has 0 heterocycles. The Kier molecular flexibility index (Phi) is 7.87. The lowest BCUT2D eigenvalue weighted by molar-refractivity contribution is -0.143. The molecule has 0 radical (unpaired) electrons. The van der Waals surface area contributed by atoms with Gasteiger partial charge in [0, 0.05) is 6.42 Å². The van der Waals surface area contributed by atoms with Crippen LogP contribution in [0.25, 0.3) is 0 Å². The molecule has 0 fully saturated rings. The minimum atomic E-state index is -0.319. The van der Waals surface area contributed by atoms with E-state index in [0.717, 1.165) is 18.4 Å². The normalized spacial score (nSPS) is 11.0. The van der Waals surface area contributed by atoms with E-state index in [0.29, 0.717) is 18.6 Å². The third-order valence-electron chi connectivity index (χ3n) is 2.83. The van der Waals surface area contributed by atoms with Gasteiger partial charge in [-0.25, -0.2) is 4.79 Å². The molecule has 1 aromatic rings. The van der Waals surface area contributed by atoms with Crippen molar-refractivity contribution in [2.45, 2.75) is 33.1 Å². The van der Waals surface area contributed by atoms with E-state index in [4.69, 9.17) is 9.47 Å². The zero-order chi connectivity index (χ0) is 15.5. The molecule has 0 aromatic heterocycles. The third kappa shape index (κ3) is 7.30. The van der Waals surface area contributed by atoms with Crippen LogP contribution in [0, 0.1) is 0 Å². The van der Waals surface area contributed by atoms with Crippen LogP contribution in [0.4, 0.5) is 0 Å². The van der Waals surface area contributed by atoms with Crippen LogP contribution in [-0.2, 0) is 14.3 Å². The number of allylic oxidation sites excluding steroid dienone is 1. The van der Waals surface area contributed by atoms with Crippen molar-refractivity contribution in [1.29, 1.82) is 0 Å². The number of esters is 2. The van der Waals surface area contributed by atoms with Crippen LogP contribution in [-0.4, -0.2) is 25.2 Å².